The molecule has 0 heterocycles. The van der Waals surface area contributed by atoms with Gasteiger partial charge in [-0.3, -0.25) is 4.57 Å². The Balaban J connectivity index is -0.0000000450. The molecular weight excluding hydrogens is 239 g/mol. The fraction of sp³-hybridized carbons (Fsp3) is 0. The predicted octanol–water partition coefficient (Wildman–Crippen LogP) is -2.20. The van der Waals surface area contributed by atoms with E-state index in [-0.39, 0.29) is 78.4 Å². The van der Waals surface area contributed by atoms with Gasteiger partial charge in [0, 0.05) is 0 Å². The summed E-state index contributed by atoms with van der Waals surface area (Å²) in [6.45, 7) is 0. The van der Waals surface area contributed by atoms with Crippen molar-refractivity contribution in [1.29, 1.82) is 0 Å². The van der Waals surface area contributed by atoms with Gasteiger partial charge < -0.3 is 9.79 Å². The van der Waals surface area contributed by atoms with Crippen molar-refractivity contribution in [3.63, 3.8) is 0 Å². The van der Waals surface area contributed by atoms with Crippen LogP contribution < -0.4 is 0 Å². The SMILES string of the molecule is O=[PH](O)O.[BaH2].[NaH]. The van der Waals surface area contributed by atoms with Crippen molar-refractivity contribution in [2.75, 3.05) is 0 Å². The Morgan fingerprint density at radius 1 is 1.33 bits per heavy atom. The van der Waals surface area contributed by atoms with E-state index in [0.717, 1.165) is 0 Å². The topological polar surface area (TPSA) is 57.5 Å². The molecule has 0 spiro atoms. The van der Waals surface area contributed by atoms with E-state index >= 15 is 0 Å². The van der Waals surface area contributed by atoms with E-state index in [4.69, 9.17) is 14.4 Å². The van der Waals surface area contributed by atoms with Crippen LogP contribution in [0.4, 0.5) is 0 Å². The molecule has 2 N–H and O–H groups in total. The third-order valence-corrected chi connectivity index (χ3v) is 0. The van der Waals surface area contributed by atoms with Crippen molar-refractivity contribution in [2.24, 2.45) is 0 Å². The van der Waals surface area contributed by atoms with E-state index in [9.17, 15) is 0 Å². The minimum absolute atomic E-state index is 0. The summed E-state index contributed by atoms with van der Waals surface area (Å²) in [4.78, 5) is 14.3. The Bertz CT molecular complexity index is 33.8. The standard InChI is InChI=1S/Ba.Na.H3O3P.3H/c;;1-4(2)3;;;/h;;4H,(H2,1,2,3);;;. The van der Waals surface area contributed by atoms with Crippen molar-refractivity contribution in [2.45, 2.75) is 0 Å². The van der Waals surface area contributed by atoms with Gasteiger partial charge in [-0.2, -0.15) is 0 Å². The second-order valence-electron chi connectivity index (χ2n) is 0.283. The first kappa shape index (κ1) is 15.9. The van der Waals surface area contributed by atoms with Crippen molar-refractivity contribution < 1.29 is 14.4 Å². The predicted molar refractivity (Wildman–Crippen MR) is 29.1 cm³/mol. The summed E-state index contributed by atoms with van der Waals surface area (Å²) in [7, 11) is -3.13. The van der Waals surface area contributed by atoms with E-state index in [0.29, 0.717) is 0 Å². The van der Waals surface area contributed by atoms with Crippen LogP contribution in [0.3, 0.4) is 0 Å². The second kappa shape index (κ2) is 10.7. The van der Waals surface area contributed by atoms with Crippen LogP contribution in [0.25, 0.3) is 0 Å². The summed E-state index contributed by atoms with van der Waals surface area (Å²) in [5, 5.41) is 0. The summed E-state index contributed by atoms with van der Waals surface area (Å²) < 4.78 is 8.74. The van der Waals surface area contributed by atoms with Gasteiger partial charge >= 0.3 is 86.7 Å². The molecule has 0 aliphatic rings. The number of hydrogen-bond acceptors (Lipinski definition) is 1. The van der Waals surface area contributed by atoms with Gasteiger partial charge in [-0.1, -0.05) is 0 Å². The molecule has 32 valence electrons. The average molecular weight is 245 g/mol. The van der Waals surface area contributed by atoms with Crippen LogP contribution in [-0.2, 0) is 4.57 Å². The van der Waals surface area contributed by atoms with Gasteiger partial charge in [0.15, 0.2) is 0 Å². The van der Waals surface area contributed by atoms with Crippen LogP contribution in [0.2, 0.25) is 0 Å². The first-order valence-corrected chi connectivity index (χ1v) is 1.95. The van der Waals surface area contributed by atoms with Gasteiger partial charge in [0.25, 0.3) is 0 Å². The molecule has 0 fully saturated rings. The normalized spacial score (nSPS) is 5.83. The summed E-state index contributed by atoms with van der Waals surface area (Å²) in [6.07, 6.45) is 0. The molecule has 0 unspecified atom stereocenters. The van der Waals surface area contributed by atoms with Gasteiger partial charge in [0.1, 0.15) is 0 Å². The molecule has 0 amide bonds. The van der Waals surface area contributed by atoms with Gasteiger partial charge in [-0.05, 0) is 0 Å². The molecule has 0 rings (SSSR count). The van der Waals surface area contributed by atoms with E-state index in [1.165, 1.54) is 0 Å². The van der Waals surface area contributed by atoms with Crippen LogP contribution in [0.5, 0.6) is 0 Å². The fourth-order valence-electron chi connectivity index (χ4n) is 0. The van der Waals surface area contributed by atoms with Gasteiger partial charge in [0.05, 0.1) is 0 Å². The first-order chi connectivity index (χ1) is 1.73. The third-order valence-electron chi connectivity index (χ3n) is 0. The zero-order valence-electron chi connectivity index (χ0n) is 1.80. The molecule has 6 heteroatoms. The molecule has 0 aliphatic carbocycles. The van der Waals surface area contributed by atoms with Crippen molar-refractivity contribution in [1.82, 2.24) is 0 Å². The molecule has 3 nitrogen and oxygen atoms in total. The quantitative estimate of drug-likeness (QED) is 0.376. The third kappa shape index (κ3) is 29.7. The van der Waals surface area contributed by atoms with Crippen molar-refractivity contribution >= 4 is 86.7 Å². The maximum atomic E-state index is 8.74. The van der Waals surface area contributed by atoms with E-state index in [1.54, 1.807) is 0 Å². The molecule has 0 bridgehead atoms. The Morgan fingerprint density at radius 3 is 1.33 bits per heavy atom. The zero-order chi connectivity index (χ0) is 3.58. The van der Waals surface area contributed by atoms with Crippen LogP contribution in [-0.4, -0.2) is 88.2 Å². The van der Waals surface area contributed by atoms with Gasteiger partial charge in [-0.15, -0.1) is 0 Å². The molecule has 0 saturated heterocycles. The Labute approximate surface area is 98.8 Å². The fourth-order valence-corrected chi connectivity index (χ4v) is 0. The van der Waals surface area contributed by atoms with Crippen LogP contribution in [0.15, 0.2) is 0 Å². The molecule has 6 heavy (non-hydrogen) atoms. The molecule has 0 aromatic carbocycles. The monoisotopic (exact) mass is 246 g/mol. The molecule has 0 aliphatic heterocycles. The first-order valence-electron chi connectivity index (χ1n) is 0.651. The summed E-state index contributed by atoms with van der Waals surface area (Å²) in [5.74, 6) is 0. The van der Waals surface area contributed by atoms with Crippen LogP contribution >= 0.6 is 8.25 Å². The van der Waals surface area contributed by atoms with Gasteiger partial charge in [0.2, 0.25) is 0 Å². The van der Waals surface area contributed by atoms with E-state index < -0.39 is 8.25 Å². The van der Waals surface area contributed by atoms with Crippen LogP contribution in [0.1, 0.15) is 0 Å². The van der Waals surface area contributed by atoms with E-state index in [1.807, 2.05) is 0 Å². The molecular formula is H6BaNaO3P. The summed E-state index contributed by atoms with van der Waals surface area (Å²) in [6, 6.07) is 0. The average Bonchev–Trinajstić information content (AvgIpc) is 0.811. The molecule has 0 radical (unpaired) electrons. The molecule has 0 aromatic heterocycles. The number of rotatable bonds is 0. The Hall–Kier alpha value is 2.72. The van der Waals surface area contributed by atoms with Gasteiger partial charge in [-0.25, -0.2) is 0 Å². The van der Waals surface area contributed by atoms with Crippen LogP contribution in [0, 0.1) is 0 Å². The molecule has 0 aromatic rings. The zero-order valence-corrected chi connectivity index (χ0v) is 2.80. The van der Waals surface area contributed by atoms with E-state index in [2.05, 4.69) is 0 Å². The maximum absolute atomic E-state index is 8.74. The Morgan fingerprint density at radius 2 is 1.33 bits per heavy atom. The number of hydrogen-bond donors (Lipinski definition) is 2. The van der Waals surface area contributed by atoms with Crippen molar-refractivity contribution in [3.05, 3.63) is 0 Å². The Kier molecular flexibility index (Phi) is 28.2. The summed E-state index contributed by atoms with van der Waals surface area (Å²) >= 11 is 0. The molecule has 0 atom stereocenters. The minimum atomic E-state index is -3.13. The summed E-state index contributed by atoms with van der Waals surface area (Å²) in [5.41, 5.74) is 0. The molecule has 0 saturated carbocycles. The second-order valence-corrected chi connectivity index (χ2v) is 0.848. The van der Waals surface area contributed by atoms with Crippen molar-refractivity contribution in [3.8, 4) is 0 Å².